The van der Waals surface area contributed by atoms with E-state index in [9.17, 15) is 4.79 Å². The molecular formula is C17H21ClN6O. The lowest BCUT2D eigenvalue weighted by Gasteiger charge is -2.36. The number of hydrogen-bond donors (Lipinski definition) is 1. The Labute approximate surface area is 151 Å². The summed E-state index contributed by atoms with van der Waals surface area (Å²) in [6.07, 6.45) is 5.46. The highest BCUT2D eigenvalue weighted by Gasteiger charge is 2.23. The third kappa shape index (κ3) is 3.58. The largest absolute Gasteiger partial charge is 0.350 e. The van der Waals surface area contributed by atoms with Crippen molar-refractivity contribution in [1.29, 1.82) is 0 Å². The first-order chi connectivity index (χ1) is 11.8. The Morgan fingerprint density at radius 2 is 2.12 bits per heavy atom. The van der Waals surface area contributed by atoms with Crippen molar-refractivity contribution < 1.29 is 0 Å². The Hall–Kier alpha value is -2.22. The third-order valence-electron chi connectivity index (χ3n) is 4.51. The van der Waals surface area contributed by atoms with Crippen LogP contribution in [0.3, 0.4) is 0 Å². The summed E-state index contributed by atoms with van der Waals surface area (Å²) < 4.78 is 3.13. The highest BCUT2D eigenvalue weighted by atomic mass is 35.5. The van der Waals surface area contributed by atoms with Crippen molar-refractivity contribution in [3.63, 3.8) is 0 Å². The highest BCUT2D eigenvalue weighted by molar-refractivity contribution is 5.85. The fourth-order valence-electron chi connectivity index (χ4n) is 3.25. The average molecular weight is 361 g/mol. The number of piperazine rings is 1. The normalized spacial score (nSPS) is 18.2. The summed E-state index contributed by atoms with van der Waals surface area (Å²) in [5.74, 6) is 0. The zero-order valence-corrected chi connectivity index (χ0v) is 14.6. The smallest absolute Gasteiger partial charge is 0.314 e. The van der Waals surface area contributed by atoms with E-state index in [2.05, 4.69) is 26.4 Å². The standard InChI is InChI=1S/C17H20N6O.ClH/c24-17-22-8-2-1-5-16(22)20-23(17)11-10-21-9-7-19-13-15(21)14-4-3-6-18-12-14;/h1-6,8,12,15,19H,7,9-11,13H2;1H. The topological polar surface area (TPSA) is 67.5 Å². The minimum absolute atomic E-state index is 0. The van der Waals surface area contributed by atoms with Gasteiger partial charge in [0.15, 0.2) is 5.65 Å². The number of nitrogens with one attached hydrogen (secondary N) is 1. The second-order valence-electron chi connectivity index (χ2n) is 5.98. The van der Waals surface area contributed by atoms with Crippen molar-refractivity contribution in [2.75, 3.05) is 26.2 Å². The van der Waals surface area contributed by atoms with Crippen LogP contribution in [-0.4, -0.2) is 50.2 Å². The first-order valence-electron chi connectivity index (χ1n) is 8.22. The molecule has 7 nitrogen and oxygen atoms in total. The van der Waals surface area contributed by atoms with Crippen molar-refractivity contribution in [1.82, 2.24) is 29.4 Å². The number of aromatic nitrogens is 4. The van der Waals surface area contributed by atoms with Gasteiger partial charge >= 0.3 is 5.69 Å². The molecule has 0 bridgehead atoms. The van der Waals surface area contributed by atoms with Gasteiger partial charge in [-0.05, 0) is 23.8 Å². The lowest BCUT2D eigenvalue weighted by Crippen LogP contribution is -2.47. The maximum atomic E-state index is 12.4. The Bertz CT molecular complexity index is 877. The van der Waals surface area contributed by atoms with Crippen molar-refractivity contribution in [2.45, 2.75) is 12.6 Å². The van der Waals surface area contributed by atoms with E-state index < -0.39 is 0 Å². The van der Waals surface area contributed by atoms with Gasteiger partial charge in [-0.2, -0.15) is 0 Å². The van der Waals surface area contributed by atoms with E-state index in [0.717, 1.165) is 26.2 Å². The molecule has 1 N–H and O–H groups in total. The SMILES string of the molecule is Cl.O=c1n(CCN2CCNCC2c2cccnc2)nc2ccccn12. The van der Waals surface area contributed by atoms with Gasteiger partial charge in [-0.25, -0.2) is 9.48 Å². The molecule has 4 heterocycles. The Morgan fingerprint density at radius 1 is 1.20 bits per heavy atom. The molecule has 0 aromatic carbocycles. The Morgan fingerprint density at radius 3 is 2.92 bits per heavy atom. The second kappa shape index (κ2) is 7.77. The molecule has 4 rings (SSSR count). The van der Waals surface area contributed by atoms with Gasteiger partial charge in [0.2, 0.25) is 0 Å². The van der Waals surface area contributed by atoms with Crippen molar-refractivity contribution in [2.24, 2.45) is 0 Å². The van der Waals surface area contributed by atoms with Crippen LogP contribution in [0, 0.1) is 0 Å². The fourth-order valence-corrected chi connectivity index (χ4v) is 3.25. The van der Waals surface area contributed by atoms with E-state index in [4.69, 9.17) is 0 Å². The number of pyridine rings is 2. The molecule has 1 aliphatic heterocycles. The quantitative estimate of drug-likeness (QED) is 0.750. The van der Waals surface area contributed by atoms with E-state index in [-0.39, 0.29) is 24.1 Å². The second-order valence-corrected chi connectivity index (χ2v) is 5.98. The van der Waals surface area contributed by atoms with Crippen molar-refractivity contribution in [3.8, 4) is 0 Å². The number of halogens is 1. The van der Waals surface area contributed by atoms with Crippen LogP contribution in [0.5, 0.6) is 0 Å². The number of rotatable bonds is 4. The molecule has 25 heavy (non-hydrogen) atoms. The summed E-state index contributed by atoms with van der Waals surface area (Å²) in [7, 11) is 0. The van der Waals surface area contributed by atoms with Gasteiger partial charge < -0.3 is 5.32 Å². The lowest BCUT2D eigenvalue weighted by atomic mass is 10.1. The molecule has 1 fully saturated rings. The van der Waals surface area contributed by atoms with Crippen LogP contribution in [0.15, 0.2) is 53.7 Å². The molecule has 1 atom stereocenters. The first kappa shape index (κ1) is 17.6. The minimum Gasteiger partial charge on any atom is -0.314 e. The zero-order chi connectivity index (χ0) is 16.4. The predicted octanol–water partition coefficient (Wildman–Crippen LogP) is 0.959. The van der Waals surface area contributed by atoms with Crippen LogP contribution < -0.4 is 11.0 Å². The van der Waals surface area contributed by atoms with Crippen LogP contribution in [0.1, 0.15) is 11.6 Å². The summed E-state index contributed by atoms with van der Waals surface area (Å²) >= 11 is 0. The van der Waals surface area contributed by atoms with Crippen molar-refractivity contribution in [3.05, 3.63) is 65.0 Å². The molecule has 1 unspecified atom stereocenters. The summed E-state index contributed by atoms with van der Waals surface area (Å²) in [4.78, 5) is 19.0. The molecule has 0 amide bonds. The van der Waals surface area contributed by atoms with Gasteiger partial charge in [0.25, 0.3) is 0 Å². The van der Waals surface area contributed by atoms with E-state index in [1.54, 1.807) is 21.5 Å². The minimum atomic E-state index is -0.0846. The Kier molecular flexibility index (Phi) is 5.47. The van der Waals surface area contributed by atoms with Gasteiger partial charge in [-0.3, -0.25) is 14.3 Å². The summed E-state index contributed by atoms with van der Waals surface area (Å²) in [6.45, 7) is 4.16. The van der Waals surface area contributed by atoms with Crippen LogP contribution in [-0.2, 0) is 6.54 Å². The van der Waals surface area contributed by atoms with E-state index >= 15 is 0 Å². The van der Waals surface area contributed by atoms with Crippen LogP contribution in [0.25, 0.3) is 5.65 Å². The van der Waals surface area contributed by atoms with Gasteiger partial charge in [0, 0.05) is 50.8 Å². The molecule has 3 aromatic heterocycles. The van der Waals surface area contributed by atoms with Gasteiger partial charge in [0.1, 0.15) is 0 Å². The van der Waals surface area contributed by atoms with E-state index in [1.165, 1.54) is 5.56 Å². The summed E-state index contributed by atoms with van der Waals surface area (Å²) in [5.41, 5.74) is 1.80. The van der Waals surface area contributed by atoms with Crippen LogP contribution in [0.4, 0.5) is 0 Å². The molecule has 0 radical (unpaired) electrons. The number of nitrogens with zero attached hydrogens (tertiary/aromatic N) is 5. The van der Waals surface area contributed by atoms with E-state index in [1.807, 2.05) is 30.5 Å². The van der Waals surface area contributed by atoms with Crippen molar-refractivity contribution >= 4 is 18.1 Å². The molecule has 3 aromatic rings. The lowest BCUT2D eigenvalue weighted by molar-refractivity contribution is 0.153. The number of hydrogen-bond acceptors (Lipinski definition) is 5. The molecule has 8 heteroatoms. The average Bonchev–Trinajstić information content (AvgIpc) is 2.97. The van der Waals surface area contributed by atoms with Crippen LogP contribution in [0.2, 0.25) is 0 Å². The zero-order valence-electron chi connectivity index (χ0n) is 13.8. The molecule has 0 spiro atoms. The highest BCUT2D eigenvalue weighted by Crippen LogP contribution is 2.20. The van der Waals surface area contributed by atoms with E-state index in [0.29, 0.717) is 12.2 Å². The third-order valence-corrected chi connectivity index (χ3v) is 4.51. The Balaban J connectivity index is 0.00000182. The maximum absolute atomic E-state index is 12.4. The molecule has 0 saturated carbocycles. The monoisotopic (exact) mass is 360 g/mol. The maximum Gasteiger partial charge on any atom is 0.350 e. The molecular weight excluding hydrogens is 340 g/mol. The first-order valence-corrected chi connectivity index (χ1v) is 8.22. The summed E-state index contributed by atoms with van der Waals surface area (Å²) in [5, 5.41) is 7.84. The fraction of sp³-hybridized carbons (Fsp3) is 0.353. The molecule has 132 valence electrons. The number of fused-ring (bicyclic) bond motifs is 1. The summed E-state index contributed by atoms with van der Waals surface area (Å²) in [6, 6.07) is 9.93. The van der Waals surface area contributed by atoms with Gasteiger partial charge in [-0.15, -0.1) is 17.5 Å². The van der Waals surface area contributed by atoms with Gasteiger partial charge in [-0.1, -0.05) is 12.1 Å². The van der Waals surface area contributed by atoms with Gasteiger partial charge in [0.05, 0.1) is 6.54 Å². The molecule has 0 aliphatic carbocycles. The predicted molar refractivity (Wildman–Crippen MR) is 98.1 cm³/mol. The molecule has 1 aliphatic rings. The molecule has 1 saturated heterocycles. The van der Waals surface area contributed by atoms with Crippen LogP contribution >= 0.6 is 12.4 Å².